The summed E-state index contributed by atoms with van der Waals surface area (Å²) in [5.41, 5.74) is 1.63. The van der Waals surface area contributed by atoms with Gasteiger partial charge in [0.2, 0.25) is 0 Å². The zero-order chi connectivity index (χ0) is 11.0. The third-order valence-electron chi connectivity index (χ3n) is 4.10. The van der Waals surface area contributed by atoms with Gasteiger partial charge in [-0.05, 0) is 50.9 Å². The lowest BCUT2D eigenvalue weighted by atomic mass is 9.83. The molecule has 0 amide bonds. The summed E-state index contributed by atoms with van der Waals surface area (Å²) in [4.78, 5) is 10.9. The molecule has 0 aromatic rings. The van der Waals surface area contributed by atoms with E-state index in [0.717, 1.165) is 11.8 Å². The van der Waals surface area contributed by atoms with E-state index in [2.05, 4.69) is 13.0 Å². The van der Waals surface area contributed by atoms with Gasteiger partial charge in [-0.15, -0.1) is 0 Å². The summed E-state index contributed by atoms with van der Waals surface area (Å²) in [6, 6.07) is 0. The fourth-order valence-electron chi connectivity index (χ4n) is 3.44. The molecule has 2 nitrogen and oxygen atoms in total. The molecule has 0 saturated heterocycles. The van der Waals surface area contributed by atoms with Crippen LogP contribution in [-0.4, -0.2) is 12.1 Å². The molecule has 84 valence electrons. The van der Waals surface area contributed by atoms with Crippen LogP contribution in [-0.2, 0) is 9.53 Å². The van der Waals surface area contributed by atoms with Crippen molar-refractivity contribution < 1.29 is 9.53 Å². The van der Waals surface area contributed by atoms with Crippen LogP contribution >= 0.6 is 0 Å². The van der Waals surface area contributed by atoms with Gasteiger partial charge < -0.3 is 4.74 Å². The van der Waals surface area contributed by atoms with E-state index in [-0.39, 0.29) is 12.1 Å². The molecule has 2 unspecified atom stereocenters. The lowest BCUT2D eigenvalue weighted by Crippen LogP contribution is -2.27. The van der Waals surface area contributed by atoms with Gasteiger partial charge in [-0.1, -0.05) is 11.6 Å². The summed E-state index contributed by atoms with van der Waals surface area (Å²) < 4.78 is 5.30. The molecule has 0 N–H and O–H groups in total. The van der Waals surface area contributed by atoms with Gasteiger partial charge in [-0.2, -0.15) is 0 Å². The fourth-order valence-corrected chi connectivity index (χ4v) is 3.44. The molecule has 0 heterocycles. The highest BCUT2D eigenvalue weighted by atomic mass is 16.5. The third-order valence-corrected chi connectivity index (χ3v) is 4.10. The molecule has 2 rings (SSSR count). The van der Waals surface area contributed by atoms with Gasteiger partial charge in [0.05, 0.1) is 0 Å². The van der Waals surface area contributed by atoms with Crippen molar-refractivity contribution in [3.63, 3.8) is 0 Å². The van der Waals surface area contributed by atoms with E-state index in [1.165, 1.54) is 26.2 Å². The minimum atomic E-state index is -0.142. The zero-order valence-corrected chi connectivity index (χ0v) is 9.82. The summed E-state index contributed by atoms with van der Waals surface area (Å²) in [6.07, 6.45) is 6.15. The van der Waals surface area contributed by atoms with Crippen molar-refractivity contribution >= 4 is 5.97 Å². The van der Waals surface area contributed by atoms with Crippen molar-refractivity contribution in [2.45, 2.75) is 46.1 Å². The molecule has 2 saturated carbocycles. The van der Waals surface area contributed by atoms with Crippen LogP contribution in [0.15, 0.2) is 11.6 Å². The van der Waals surface area contributed by atoms with Crippen molar-refractivity contribution in [1.82, 2.24) is 0 Å². The van der Waals surface area contributed by atoms with Crippen LogP contribution in [0.3, 0.4) is 0 Å². The van der Waals surface area contributed by atoms with Gasteiger partial charge in [-0.25, -0.2) is 0 Å². The molecular formula is C13H20O2. The molecule has 0 aliphatic heterocycles. The van der Waals surface area contributed by atoms with Crippen molar-refractivity contribution in [3.05, 3.63) is 11.6 Å². The number of carbonyl (C=O) groups is 1. The molecule has 2 fully saturated rings. The van der Waals surface area contributed by atoms with Crippen LogP contribution in [0.1, 0.15) is 40.0 Å². The number of hydrogen-bond acceptors (Lipinski definition) is 2. The molecule has 15 heavy (non-hydrogen) atoms. The second kappa shape index (κ2) is 3.99. The van der Waals surface area contributed by atoms with Gasteiger partial charge in [-0.3, -0.25) is 4.79 Å². The van der Waals surface area contributed by atoms with E-state index in [9.17, 15) is 4.79 Å². The number of hydrogen-bond donors (Lipinski definition) is 0. The van der Waals surface area contributed by atoms with Crippen LogP contribution in [0, 0.1) is 17.8 Å². The smallest absolute Gasteiger partial charge is 0.302 e. The van der Waals surface area contributed by atoms with Crippen LogP contribution in [0.25, 0.3) is 0 Å². The quantitative estimate of drug-likeness (QED) is 0.515. The highest BCUT2D eigenvalue weighted by Gasteiger charge is 2.45. The van der Waals surface area contributed by atoms with Crippen molar-refractivity contribution in [3.8, 4) is 0 Å². The van der Waals surface area contributed by atoms with E-state index in [4.69, 9.17) is 4.74 Å². The molecule has 2 heteroatoms. The third kappa shape index (κ3) is 1.95. The maximum Gasteiger partial charge on any atom is 0.302 e. The molecule has 2 bridgehead atoms. The number of esters is 1. The highest BCUT2D eigenvalue weighted by molar-refractivity contribution is 5.66. The Labute approximate surface area is 91.7 Å². The minimum Gasteiger partial charge on any atom is -0.463 e. The van der Waals surface area contributed by atoms with Crippen molar-refractivity contribution in [2.24, 2.45) is 17.8 Å². The Balaban J connectivity index is 1.97. The maximum absolute atomic E-state index is 10.9. The second-order valence-corrected chi connectivity index (χ2v) is 4.97. The first-order chi connectivity index (χ1) is 7.11. The van der Waals surface area contributed by atoms with Crippen LogP contribution < -0.4 is 0 Å². The van der Waals surface area contributed by atoms with E-state index >= 15 is 0 Å². The molecule has 2 aliphatic carbocycles. The Bertz CT molecular complexity index is 293. The molecule has 0 radical (unpaired) electrons. The van der Waals surface area contributed by atoms with Crippen molar-refractivity contribution in [2.75, 3.05) is 0 Å². The highest BCUT2D eigenvalue weighted by Crippen LogP contribution is 2.52. The summed E-state index contributed by atoms with van der Waals surface area (Å²) in [5.74, 6) is 2.00. The summed E-state index contributed by atoms with van der Waals surface area (Å²) in [7, 11) is 0. The molecule has 0 aromatic carbocycles. The second-order valence-electron chi connectivity index (χ2n) is 4.97. The molecule has 2 aliphatic rings. The number of fused-ring (bicyclic) bond motifs is 2. The first-order valence-electron chi connectivity index (χ1n) is 5.94. The molecule has 0 aromatic heterocycles. The summed E-state index contributed by atoms with van der Waals surface area (Å²) in [6.45, 7) is 5.68. The first-order valence-corrected chi connectivity index (χ1v) is 5.94. The predicted octanol–water partition coefficient (Wildman–Crippen LogP) is 2.93. The summed E-state index contributed by atoms with van der Waals surface area (Å²) >= 11 is 0. The van der Waals surface area contributed by atoms with Gasteiger partial charge >= 0.3 is 5.97 Å². The Morgan fingerprint density at radius 2 is 2.27 bits per heavy atom. The molecule has 4 atom stereocenters. The van der Waals surface area contributed by atoms with Crippen LogP contribution in [0.4, 0.5) is 0 Å². The predicted molar refractivity (Wildman–Crippen MR) is 59.3 cm³/mol. The number of rotatable bonds is 2. The summed E-state index contributed by atoms with van der Waals surface area (Å²) in [5, 5.41) is 0. The SMILES string of the molecule is CC=C1C[C@@H]2C[C@H]1CC2C(C)OC(C)=O. The Hall–Kier alpha value is -0.790. The van der Waals surface area contributed by atoms with Crippen molar-refractivity contribution in [1.29, 1.82) is 0 Å². The fraction of sp³-hybridized carbons (Fsp3) is 0.769. The lowest BCUT2D eigenvalue weighted by molar-refractivity contribution is -0.148. The van der Waals surface area contributed by atoms with E-state index in [1.807, 2.05) is 6.92 Å². The van der Waals surface area contributed by atoms with Crippen LogP contribution in [0.5, 0.6) is 0 Å². The van der Waals surface area contributed by atoms with Gasteiger partial charge in [0, 0.05) is 6.92 Å². The first kappa shape index (κ1) is 10.7. The maximum atomic E-state index is 10.9. The molecular weight excluding hydrogens is 188 g/mol. The standard InChI is InChI=1S/C13H20O2/c1-4-10-5-12-6-11(10)7-13(12)8(2)15-9(3)14/h4,8,11-13H,5-7H2,1-3H3/t8?,11-,12+,13?/m0/s1. The van der Waals surface area contributed by atoms with E-state index < -0.39 is 0 Å². The number of allylic oxidation sites excluding steroid dienone is 2. The zero-order valence-electron chi connectivity index (χ0n) is 9.82. The average Bonchev–Trinajstić information content (AvgIpc) is 2.74. The largest absolute Gasteiger partial charge is 0.463 e. The van der Waals surface area contributed by atoms with Gasteiger partial charge in [0.25, 0.3) is 0 Å². The molecule has 0 spiro atoms. The number of ether oxygens (including phenoxy) is 1. The lowest BCUT2D eigenvalue weighted by Gasteiger charge is -2.28. The Morgan fingerprint density at radius 3 is 2.73 bits per heavy atom. The minimum absolute atomic E-state index is 0.107. The Morgan fingerprint density at radius 1 is 1.53 bits per heavy atom. The topological polar surface area (TPSA) is 26.3 Å². The Kier molecular flexibility index (Phi) is 2.85. The van der Waals surface area contributed by atoms with E-state index in [0.29, 0.717) is 5.92 Å². The average molecular weight is 208 g/mol. The van der Waals surface area contributed by atoms with Gasteiger partial charge in [0.15, 0.2) is 0 Å². The normalized spacial score (nSPS) is 38.3. The van der Waals surface area contributed by atoms with E-state index in [1.54, 1.807) is 5.57 Å². The van der Waals surface area contributed by atoms with Gasteiger partial charge in [0.1, 0.15) is 6.10 Å². The monoisotopic (exact) mass is 208 g/mol. The van der Waals surface area contributed by atoms with Crippen LogP contribution in [0.2, 0.25) is 0 Å². The number of carbonyl (C=O) groups excluding carboxylic acids is 1.